The highest BCUT2D eigenvalue weighted by Gasteiger charge is 2.22. The van der Waals surface area contributed by atoms with Gasteiger partial charge in [-0.15, -0.1) is 0 Å². The van der Waals surface area contributed by atoms with Gasteiger partial charge in [0.05, 0.1) is 5.69 Å². The van der Waals surface area contributed by atoms with E-state index in [9.17, 15) is 9.59 Å². The maximum absolute atomic E-state index is 12.3. The molecule has 0 aromatic carbocycles. The molecule has 1 unspecified atom stereocenters. The fraction of sp³-hybridized carbons (Fsp3) is 0.600. The first-order valence-electron chi connectivity index (χ1n) is 7.50. The molecule has 1 atom stereocenters. The summed E-state index contributed by atoms with van der Waals surface area (Å²) in [5.41, 5.74) is 1.08. The van der Waals surface area contributed by atoms with E-state index in [4.69, 9.17) is 5.11 Å². The maximum atomic E-state index is 12.3. The number of anilines is 1. The van der Waals surface area contributed by atoms with Crippen LogP contribution in [0.2, 0.25) is 0 Å². The van der Waals surface area contributed by atoms with E-state index in [1.807, 2.05) is 0 Å². The van der Waals surface area contributed by atoms with Crippen molar-refractivity contribution < 1.29 is 14.7 Å². The number of likely N-dealkylation sites (tertiary alicyclic amines) is 1. The Hall–Kier alpha value is -1.98. The molecule has 0 spiro atoms. The molecule has 1 aliphatic heterocycles. The van der Waals surface area contributed by atoms with Gasteiger partial charge in [0, 0.05) is 18.8 Å². The number of aromatic nitrogens is 1. The Morgan fingerprint density at radius 2 is 2.19 bits per heavy atom. The van der Waals surface area contributed by atoms with Crippen LogP contribution in [0.1, 0.15) is 48.8 Å². The molecular formula is C15H23N3O3. The molecule has 0 saturated carbocycles. The molecule has 1 fully saturated rings. The quantitative estimate of drug-likeness (QED) is 0.800. The summed E-state index contributed by atoms with van der Waals surface area (Å²) in [4.78, 5) is 28.0. The van der Waals surface area contributed by atoms with Gasteiger partial charge in [-0.3, -0.25) is 0 Å². The number of H-pyrrole nitrogens is 1. The molecule has 6 nitrogen and oxygen atoms in total. The van der Waals surface area contributed by atoms with Crippen molar-refractivity contribution in [2.24, 2.45) is 5.92 Å². The molecule has 2 amide bonds. The summed E-state index contributed by atoms with van der Waals surface area (Å²) >= 11 is 0. The summed E-state index contributed by atoms with van der Waals surface area (Å²) in [5.74, 6) is -0.382. The van der Waals surface area contributed by atoms with Crippen molar-refractivity contribution in [3.63, 3.8) is 0 Å². The van der Waals surface area contributed by atoms with Gasteiger partial charge in [0.1, 0.15) is 5.69 Å². The highest BCUT2D eigenvalue weighted by molar-refractivity contribution is 5.99. The van der Waals surface area contributed by atoms with Gasteiger partial charge < -0.3 is 20.3 Å². The smallest absolute Gasteiger partial charge is 0.354 e. The van der Waals surface area contributed by atoms with Gasteiger partial charge in [0.2, 0.25) is 0 Å². The maximum Gasteiger partial charge on any atom is 0.354 e. The van der Waals surface area contributed by atoms with E-state index in [-0.39, 0.29) is 11.7 Å². The zero-order valence-corrected chi connectivity index (χ0v) is 12.6. The number of aromatic amines is 1. The van der Waals surface area contributed by atoms with Crippen molar-refractivity contribution in [1.29, 1.82) is 0 Å². The van der Waals surface area contributed by atoms with Crippen molar-refractivity contribution in [3.8, 4) is 0 Å². The lowest BCUT2D eigenvalue weighted by Crippen LogP contribution is -2.36. The van der Waals surface area contributed by atoms with Crippen LogP contribution in [0, 0.1) is 12.8 Å². The zero-order chi connectivity index (χ0) is 15.4. The highest BCUT2D eigenvalue weighted by Crippen LogP contribution is 2.22. The third-order valence-corrected chi connectivity index (χ3v) is 4.12. The van der Waals surface area contributed by atoms with Gasteiger partial charge in [0.25, 0.3) is 0 Å². The van der Waals surface area contributed by atoms with Crippen LogP contribution in [0.3, 0.4) is 0 Å². The molecule has 1 aliphatic rings. The number of hydrogen-bond acceptors (Lipinski definition) is 2. The van der Waals surface area contributed by atoms with Gasteiger partial charge >= 0.3 is 12.0 Å². The van der Waals surface area contributed by atoms with Gasteiger partial charge in [0.15, 0.2) is 0 Å². The fourth-order valence-electron chi connectivity index (χ4n) is 2.83. The molecule has 2 heterocycles. The molecule has 0 aliphatic carbocycles. The largest absolute Gasteiger partial charge is 0.477 e. The number of urea groups is 1. The molecular weight excluding hydrogens is 270 g/mol. The second-order valence-corrected chi connectivity index (χ2v) is 5.67. The third kappa shape index (κ3) is 3.77. The number of amides is 2. The third-order valence-electron chi connectivity index (χ3n) is 4.12. The van der Waals surface area contributed by atoms with Crippen LogP contribution in [0.15, 0.2) is 6.07 Å². The molecule has 21 heavy (non-hydrogen) atoms. The van der Waals surface area contributed by atoms with E-state index in [1.54, 1.807) is 17.9 Å². The minimum atomic E-state index is -1.07. The lowest BCUT2D eigenvalue weighted by Gasteiger charge is -2.21. The number of aromatic carboxylic acids is 1. The Morgan fingerprint density at radius 3 is 2.86 bits per heavy atom. The second kappa shape index (κ2) is 6.65. The number of carboxylic acid groups (broad SMARTS) is 1. The highest BCUT2D eigenvalue weighted by atomic mass is 16.4. The normalized spacial score (nSPS) is 19.1. The number of rotatable bonds is 3. The Kier molecular flexibility index (Phi) is 4.88. The predicted molar refractivity (Wildman–Crippen MR) is 80.7 cm³/mol. The fourth-order valence-corrected chi connectivity index (χ4v) is 2.83. The van der Waals surface area contributed by atoms with Crippen LogP contribution in [0.25, 0.3) is 0 Å². The van der Waals surface area contributed by atoms with Crippen molar-refractivity contribution >= 4 is 17.7 Å². The standard InChI is InChI=1S/C15H23N3O3/c1-3-11-5-4-7-18(8-6-11)15(21)17-12-9-10(2)16-13(12)14(19)20/h9,11,16H,3-8H2,1-2H3,(H,17,21)(H,19,20). The number of nitrogens with zero attached hydrogens (tertiary/aromatic N) is 1. The summed E-state index contributed by atoms with van der Waals surface area (Å²) in [6.45, 7) is 5.41. The number of carboxylic acids is 1. The lowest BCUT2D eigenvalue weighted by atomic mass is 9.98. The SMILES string of the molecule is CCC1CCCN(C(=O)Nc2cc(C)[nH]c2C(=O)O)CC1. The monoisotopic (exact) mass is 293 g/mol. The minimum absolute atomic E-state index is 0.0297. The molecule has 0 radical (unpaired) electrons. The average Bonchev–Trinajstić information content (AvgIpc) is 2.67. The Labute approximate surface area is 124 Å². The Balaban J connectivity index is 2.03. The van der Waals surface area contributed by atoms with Crippen LogP contribution in [-0.4, -0.2) is 40.1 Å². The topological polar surface area (TPSA) is 85.4 Å². The predicted octanol–water partition coefficient (Wildman–Crippen LogP) is 3.07. The zero-order valence-electron chi connectivity index (χ0n) is 12.6. The summed E-state index contributed by atoms with van der Waals surface area (Å²) in [5, 5.41) is 11.8. The number of nitrogens with one attached hydrogen (secondary N) is 2. The Morgan fingerprint density at radius 1 is 1.43 bits per heavy atom. The van der Waals surface area contributed by atoms with E-state index in [1.165, 1.54) is 0 Å². The summed E-state index contributed by atoms with van der Waals surface area (Å²) < 4.78 is 0. The molecule has 1 aromatic heterocycles. The minimum Gasteiger partial charge on any atom is -0.477 e. The molecule has 116 valence electrons. The van der Waals surface area contributed by atoms with E-state index < -0.39 is 5.97 Å². The number of carbonyl (C=O) groups is 2. The van der Waals surface area contributed by atoms with Crippen LogP contribution >= 0.6 is 0 Å². The van der Waals surface area contributed by atoms with E-state index in [2.05, 4.69) is 17.2 Å². The van der Waals surface area contributed by atoms with Crippen molar-refractivity contribution in [1.82, 2.24) is 9.88 Å². The van der Waals surface area contributed by atoms with Gasteiger partial charge in [-0.05, 0) is 38.2 Å². The molecule has 2 rings (SSSR count). The first-order valence-corrected chi connectivity index (χ1v) is 7.50. The van der Waals surface area contributed by atoms with E-state index in [0.717, 1.165) is 38.8 Å². The first kappa shape index (κ1) is 15.4. The van der Waals surface area contributed by atoms with Gasteiger partial charge in [-0.2, -0.15) is 0 Å². The first-order chi connectivity index (χ1) is 10.0. The number of aryl methyl sites for hydroxylation is 1. The van der Waals surface area contributed by atoms with Crippen LogP contribution < -0.4 is 5.32 Å². The lowest BCUT2D eigenvalue weighted by molar-refractivity contribution is 0.0692. The Bertz CT molecular complexity index is 524. The van der Waals surface area contributed by atoms with Gasteiger partial charge in [-0.1, -0.05) is 13.3 Å². The van der Waals surface area contributed by atoms with Crippen LogP contribution in [0.4, 0.5) is 10.5 Å². The van der Waals surface area contributed by atoms with Gasteiger partial charge in [-0.25, -0.2) is 9.59 Å². The van der Waals surface area contributed by atoms with Crippen molar-refractivity contribution in [2.45, 2.75) is 39.5 Å². The molecule has 3 N–H and O–H groups in total. The number of carbonyl (C=O) groups excluding carboxylic acids is 1. The molecule has 1 saturated heterocycles. The molecule has 0 bridgehead atoms. The summed E-state index contributed by atoms with van der Waals surface area (Å²) in [6, 6.07) is 1.43. The average molecular weight is 293 g/mol. The van der Waals surface area contributed by atoms with Crippen molar-refractivity contribution in [3.05, 3.63) is 17.5 Å². The van der Waals surface area contributed by atoms with Crippen molar-refractivity contribution in [2.75, 3.05) is 18.4 Å². The van der Waals surface area contributed by atoms with E-state index >= 15 is 0 Å². The second-order valence-electron chi connectivity index (χ2n) is 5.67. The van der Waals surface area contributed by atoms with Crippen LogP contribution in [0.5, 0.6) is 0 Å². The number of hydrogen-bond donors (Lipinski definition) is 3. The summed E-state index contributed by atoms with van der Waals surface area (Å²) in [6.07, 6.45) is 4.32. The van der Waals surface area contributed by atoms with Crippen LogP contribution in [-0.2, 0) is 0 Å². The molecule has 6 heteroatoms. The van der Waals surface area contributed by atoms with E-state index in [0.29, 0.717) is 17.3 Å². The summed E-state index contributed by atoms with van der Waals surface area (Å²) in [7, 11) is 0. The molecule has 1 aromatic rings.